The minimum absolute atomic E-state index is 0.162. The van der Waals surface area contributed by atoms with Crippen LogP contribution >= 0.6 is 0 Å². The molecular formula is C9H13NO5. The Morgan fingerprint density at radius 1 is 1.47 bits per heavy atom. The molecular weight excluding hydrogens is 202 g/mol. The summed E-state index contributed by atoms with van der Waals surface area (Å²) in [4.78, 5) is 22.4. The molecule has 1 aliphatic rings. The summed E-state index contributed by atoms with van der Waals surface area (Å²) < 4.78 is 0. The van der Waals surface area contributed by atoms with E-state index in [1.165, 1.54) is 6.08 Å². The summed E-state index contributed by atoms with van der Waals surface area (Å²) in [6.07, 6.45) is -0.509. The van der Waals surface area contributed by atoms with Gasteiger partial charge in [-0.05, 0) is 6.42 Å². The zero-order chi connectivity index (χ0) is 11.6. The third-order valence-corrected chi connectivity index (χ3v) is 2.56. The summed E-state index contributed by atoms with van der Waals surface area (Å²) in [5, 5.41) is 27.2. The lowest BCUT2D eigenvalue weighted by molar-refractivity contribution is -0.143. The monoisotopic (exact) mass is 215 g/mol. The molecule has 0 aromatic heterocycles. The summed E-state index contributed by atoms with van der Waals surface area (Å²) in [5.41, 5.74) is 0. The number of nitrogens with zero attached hydrogens (tertiary/aromatic N) is 1. The van der Waals surface area contributed by atoms with Gasteiger partial charge in [0.25, 0.3) is 0 Å². The number of rotatable bonds is 3. The standard InChI is InChI=1S/C9H13NO5/c1-2-3-5-6(11)4-10(9(14)15)7(5)8(12)13/h2,5-7,11H,1,3-4H2,(H,12,13)(H,14,15). The molecule has 1 aliphatic heterocycles. The molecule has 6 nitrogen and oxygen atoms in total. The van der Waals surface area contributed by atoms with E-state index in [4.69, 9.17) is 10.2 Å². The molecule has 0 aromatic carbocycles. The van der Waals surface area contributed by atoms with Gasteiger partial charge < -0.3 is 15.3 Å². The van der Waals surface area contributed by atoms with Gasteiger partial charge in [-0.1, -0.05) is 6.08 Å². The van der Waals surface area contributed by atoms with E-state index in [9.17, 15) is 14.7 Å². The van der Waals surface area contributed by atoms with Crippen LogP contribution < -0.4 is 0 Å². The number of allylic oxidation sites excluding steroid dienone is 1. The first-order chi connectivity index (χ1) is 6.99. The van der Waals surface area contributed by atoms with Crippen molar-refractivity contribution in [2.75, 3.05) is 6.54 Å². The number of carbonyl (C=O) groups is 2. The predicted octanol–water partition coefficient (Wildman–Crippen LogP) is -0.0136. The molecule has 3 N–H and O–H groups in total. The second-order valence-electron chi connectivity index (χ2n) is 3.47. The summed E-state index contributed by atoms with van der Waals surface area (Å²) in [7, 11) is 0. The van der Waals surface area contributed by atoms with Crippen LogP contribution in [0.3, 0.4) is 0 Å². The molecule has 0 bridgehead atoms. The van der Waals surface area contributed by atoms with Gasteiger partial charge in [0.2, 0.25) is 0 Å². The highest BCUT2D eigenvalue weighted by molar-refractivity contribution is 5.80. The van der Waals surface area contributed by atoms with Gasteiger partial charge in [-0.3, -0.25) is 4.90 Å². The van der Waals surface area contributed by atoms with Crippen LogP contribution in [-0.2, 0) is 4.79 Å². The number of aliphatic hydroxyl groups excluding tert-OH is 1. The fourth-order valence-corrected chi connectivity index (χ4v) is 1.88. The molecule has 0 spiro atoms. The van der Waals surface area contributed by atoms with Crippen LogP contribution in [-0.4, -0.2) is 51.0 Å². The number of carboxylic acids is 1. The van der Waals surface area contributed by atoms with Crippen molar-refractivity contribution in [1.82, 2.24) is 4.90 Å². The number of hydrogen-bond acceptors (Lipinski definition) is 3. The quantitative estimate of drug-likeness (QED) is 0.575. The molecule has 0 aliphatic carbocycles. The van der Waals surface area contributed by atoms with Crippen LogP contribution in [0.2, 0.25) is 0 Å². The van der Waals surface area contributed by atoms with E-state index in [1.807, 2.05) is 0 Å². The Morgan fingerprint density at radius 3 is 2.47 bits per heavy atom. The average Bonchev–Trinajstić information content (AvgIpc) is 2.45. The Morgan fingerprint density at radius 2 is 2.07 bits per heavy atom. The van der Waals surface area contributed by atoms with Crippen LogP contribution in [0.25, 0.3) is 0 Å². The Bertz CT molecular complexity index is 290. The van der Waals surface area contributed by atoms with Crippen LogP contribution in [0.1, 0.15) is 6.42 Å². The topological polar surface area (TPSA) is 98.1 Å². The molecule has 0 aromatic rings. The highest BCUT2D eigenvalue weighted by Crippen LogP contribution is 2.28. The van der Waals surface area contributed by atoms with E-state index in [2.05, 4.69) is 6.58 Å². The minimum Gasteiger partial charge on any atom is -0.480 e. The first-order valence-electron chi connectivity index (χ1n) is 4.50. The van der Waals surface area contributed by atoms with E-state index < -0.39 is 30.1 Å². The van der Waals surface area contributed by atoms with Crippen molar-refractivity contribution >= 4 is 12.1 Å². The first kappa shape index (κ1) is 11.5. The maximum atomic E-state index is 10.9. The first-order valence-corrected chi connectivity index (χ1v) is 4.50. The van der Waals surface area contributed by atoms with Crippen molar-refractivity contribution in [3.05, 3.63) is 12.7 Å². The largest absolute Gasteiger partial charge is 0.480 e. The van der Waals surface area contributed by atoms with E-state index in [-0.39, 0.29) is 13.0 Å². The summed E-state index contributed by atoms with van der Waals surface area (Å²) in [6.45, 7) is 3.29. The number of β-amino-alcohol motifs (C(OH)–C–C–N with tert-alkyl or cyclic N) is 1. The molecule has 1 rings (SSSR count). The third-order valence-electron chi connectivity index (χ3n) is 2.56. The van der Waals surface area contributed by atoms with Gasteiger partial charge in [-0.25, -0.2) is 9.59 Å². The smallest absolute Gasteiger partial charge is 0.408 e. The van der Waals surface area contributed by atoms with E-state index in [1.54, 1.807) is 0 Å². The van der Waals surface area contributed by atoms with Gasteiger partial charge in [0, 0.05) is 5.92 Å². The van der Waals surface area contributed by atoms with Gasteiger partial charge in [0.1, 0.15) is 6.04 Å². The molecule has 1 fully saturated rings. The molecule has 15 heavy (non-hydrogen) atoms. The van der Waals surface area contributed by atoms with Crippen molar-refractivity contribution < 1.29 is 24.9 Å². The molecule has 84 valence electrons. The van der Waals surface area contributed by atoms with Gasteiger partial charge in [-0.15, -0.1) is 6.58 Å². The maximum Gasteiger partial charge on any atom is 0.408 e. The summed E-state index contributed by atoms with van der Waals surface area (Å²) >= 11 is 0. The van der Waals surface area contributed by atoms with Gasteiger partial charge in [0.15, 0.2) is 0 Å². The average molecular weight is 215 g/mol. The van der Waals surface area contributed by atoms with Crippen LogP contribution in [0, 0.1) is 5.92 Å². The Labute approximate surface area is 86.4 Å². The number of carboxylic acid groups (broad SMARTS) is 2. The molecule has 1 heterocycles. The lowest BCUT2D eigenvalue weighted by Gasteiger charge is -2.20. The Kier molecular flexibility index (Phi) is 3.31. The lowest BCUT2D eigenvalue weighted by atomic mass is 9.94. The number of likely N-dealkylation sites (tertiary alicyclic amines) is 1. The number of aliphatic hydroxyl groups is 1. The second kappa shape index (κ2) is 4.31. The van der Waals surface area contributed by atoms with Crippen LogP contribution in [0.15, 0.2) is 12.7 Å². The fourth-order valence-electron chi connectivity index (χ4n) is 1.88. The Hall–Kier alpha value is -1.56. The number of aliphatic carboxylic acids is 1. The highest BCUT2D eigenvalue weighted by atomic mass is 16.4. The molecule has 0 radical (unpaired) electrons. The van der Waals surface area contributed by atoms with E-state index >= 15 is 0 Å². The Balaban J connectivity index is 2.92. The second-order valence-corrected chi connectivity index (χ2v) is 3.47. The van der Waals surface area contributed by atoms with Gasteiger partial charge in [-0.2, -0.15) is 0 Å². The fraction of sp³-hybridized carbons (Fsp3) is 0.556. The molecule has 1 amide bonds. The van der Waals surface area contributed by atoms with Crippen molar-refractivity contribution in [3.8, 4) is 0 Å². The highest BCUT2D eigenvalue weighted by Gasteiger charge is 2.46. The van der Waals surface area contributed by atoms with E-state index in [0.29, 0.717) is 0 Å². The predicted molar refractivity (Wildman–Crippen MR) is 50.5 cm³/mol. The maximum absolute atomic E-state index is 10.9. The van der Waals surface area contributed by atoms with Crippen molar-refractivity contribution in [1.29, 1.82) is 0 Å². The molecule has 6 heteroatoms. The summed E-state index contributed by atoms with van der Waals surface area (Å²) in [6, 6.07) is -1.18. The molecule has 3 atom stereocenters. The minimum atomic E-state index is -1.33. The van der Waals surface area contributed by atoms with Crippen LogP contribution in [0.4, 0.5) is 4.79 Å². The third kappa shape index (κ3) is 2.10. The SMILES string of the molecule is C=CCC1C(O)CN(C(=O)O)C1C(=O)O. The van der Waals surface area contributed by atoms with Crippen molar-refractivity contribution in [2.45, 2.75) is 18.6 Å². The van der Waals surface area contributed by atoms with Crippen molar-refractivity contribution in [2.24, 2.45) is 5.92 Å². The lowest BCUT2D eigenvalue weighted by Crippen LogP contribution is -2.42. The number of amides is 1. The molecule has 1 saturated heterocycles. The van der Waals surface area contributed by atoms with E-state index in [0.717, 1.165) is 4.90 Å². The molecule has 3 unspecified atom stereocenters. The number of hydrogen-bond donors (Lipinski definition) is 3. The zero-order valence-corrected chi connectivity index (χ0v) is 8.04. The zero-order valence-electron chi connectivity index (χ0n) is 8.04. The van der Waals surface area contributed by atoms with Gasteiger partial charge in [0.05, 0.1) is 12.6 Å². The van der Waals surface area contributed by atoms with Crippen LogP contribution in [0.5, 0.6) is 0 Å². The van der Waals surface area contributed by atoms with Crippen molar-refractivity contribution in [3.63, 3.8) is 0 Å². The normalized spacial score (nSPS) is 30.2. The molecule has 0 saturated carbocycles. The van der Waals surface area contributed by atoms with Gasteiger partial charge >= 0.3 is 12.1 Å². The summed E-state index contributed by atoms with van der Waals surface area (Å²) in [5.74, 6) is -1.85.